The first-order valence-corrected chi connectivity index (χ1v) is 10.7. The maximum Gasteiger partial charge on any atom is 0.243 e. The van der Waals surface area contributed by atoms with Gasteiger partial charge < -0.3 is 15.0 Å². The second kappa shape index (κ2) is 10.4. The molecule has 1 aromatic rings. The molecule has 0 spiro atoms. The molecule has 0 unspecified atom stereocenters. The number of halogens is 1. The van der Waals surface area contributed by atoms with E-state index in [1.165, 1.54) is 4.31 Å². The van der Waals surface area contributed by atoms with Crippen molar-refractivity contribution in [2.75, 3.05) is 52.5 Å². The highest BCUT2D eigenvalue weighted by atomic mass is 35.5. The summed E-state index contributed by atoms with van der Waals surface area (Å²) < 4.78 is 31.9. The Balaban J connectivity index is 0.00000261. The van der Waals surface area contributed by atoms with E-state index in [2.05, 4.69) is 5.32 Å². The Morgan fingerprint density at radius 2 is 1.74 bits per heavy atom. The van der Waals surface area contributed by atoms with Crippen LogP contribution in [-0.4, -0.2) is 76.0 Å². The van der Waals surface area contributed by atoms with E-state index in [1.807, 2.05) is 17.0 Å². The molecule has 1 amide bonds. The molecule has 0 bridgehead atoms. The second-order valence-corrected chi connectivity index (χ2v) is 8.58. The number of benzene rings is 1. The Hall–Kier alpha value is -1.19. The number of ether oxygens (including phenoxy) is 1. The zero-order valence-corrected chi connectivity index (χ0v) is 17.1. The highest BCUT2D eigenvalue weighted by Gasteiger charge is 2.26. The van der Waals surface area contributed by atoms with Crippen LogP contribution in [0.4, 0.5) is 0 Å². The molecule has 2 aliphatic rings. The van der Waals surface area contributed by atoms with E-state index in [9.17, 15) is 13.2 Å². The van der Waals surface area contributed by atoms with Crippen LogP contribution in [0, 0.1) is 0 Å². The Morgan fingerprint density at radius 1 is 1.04 bits per heavy atom. The third-order valence-corrected chi connectivity index (χ3v) is 6.76. The van der Waals surface area contributed by atoms with Crippen molar-refractivity contribution in [2.45, 2.75) is 24.2 Å². The molecule has 0 saturated carbocycles. The summed E-state index contributed by atoms with van der Waals surface area (Å²) in [6, 6.07) is 6.90. The molecule has 152 valence electrons. The van der Waals surface area contributed by atoms with Crippen LogP contribution in [0.15, 0.2) is 29.2 Å². The Morgan fingerprint density at radius 3 is 2.44 bits per heavy atom. The minimum atomic E-state index is -3.46. The van der Waals surface area contributed by atoms with Crippen molar-refractivity contribution in [2.24, 2.45) is 0 Å². The Bertz CT molecular complexity index is 698. The van der Waals surface area contributed by atoms with Gasteiger partial charge in [0.25, 0.3) is 0 Å². The largest absolute Gasteiger partial charge is 0.379 e. The lowest BCUT2D eigenvalue weighted by Gasteiger charge is -2.26. The van der Waals surface area contributed by atoms with Crippen LogP contribution in [0.3, 0.4) is 0 Å². The van der Waals surface area contributed by atoms with E-state index < -0.39 is 10.0 Å². The molecule has 2 fully saturated rings. The van der Waals surface area contributed by atoms with Gasteiger partial charge in [0.15, 0.2) is 0 Å². The smallest absolute Gasteiger partial charge is 0.243 e. The van der Waals surface area contributed by atoms with Crippen molar-refractivity contribution in [1.82, 2.24) is 14.5 Å². The van der Waals surface area contributed by atoms with Crippen LogP contribution >= 0.6 is 12.4 Å². The van der Waals surface area contributed by atoms with Crippen LogP contribution in [-0.2, 0) is 26.0 Å². The van der Waals surface area contributed by atoms with Gasteiger partial charge in [-0.05, 0) is 37.1 Å². The van der Waals surface area contributed by atoms with Crippen LogP contribution in [0.1, 0.15) is 18.4 Å². The van der Waals surface area contributed by atoms with E-state index >= 15 is 0 Å². The zero-order valence-electron chi connectivity index (χ0n) is 15.4. The molecule has 2 aliphatic heterocycles. The standard InChI is InChI=1S/C18H27N3O4S.ClH/c22-18(20-10-1-8-19-9-11-20)7-4-16-2-5-17(6-3-16)26(23,24)21-12-14-25-15-13-21;/h2-3,5-6,19H,1,4,7-15H2;1H. The molecule has 1 N–H and O–H groups in total. The summed E-state index contributed by atoms with van der Waals surface area (Å²) in [5.74, 6) is 0.165. The van der Waals surface area contributed by atoms with Gasteiger partial charge in [0.2, 0.25) is 15.9 Å². The van der Waals surface area contributed by atoms with Crippen molar-refractivity contribution >= 4 is 28.3 Å². The van der Waals surface area contributed by atoms with Crippen LogP contribution < -0.4 is 5.32 Å². The number of carbonyl (C=O) groups excluding carboxylic acids is 1. The highest BCUT2D eigenvalue weighted by molar-refractivity contribution is 7.89. The second-order valence-electron chi connectivity index (χ2n) is 6.64. The number of hydrogen-bond donors (Lipinski definition) is 1. The minimum absolute atomic E-state index is 0. The van der Waals surface area contributed by atoms with Gasteiger partial charge >= 0.3 is 0 Å². The Labute approximate surface area is 167 Å². The number of rotatable bonds is 5. The molecule has 9 heteroatoms. The molecular weight excluding hydrogens is 390 g/mol. The summed E-state index contributed by atoms with van der Waals surface area (Å²) in [6.45, 7) is 5.03. The number of hydrogen-bond acceptors (Lipinski definition) is 5. The summed E-state index contributed by atoms with van der Waals surface area (Å²) in [4.78, 5) is 14.6. The minimum Gasteiger partial charge on any atom is -0.379 e. The number of nitrogens with one attached hydrogen (secondary N) is 1. The van der Waals surface area contributed by atoms with E-state index in [0.717, 1.165) is 38.2 Å². The highest BCUT2D eigenvalue weighted by Crippen LogP contribution is 2.18. The lowest BCUT2D eigenvalue weighted by molar-refractivity contribution is -0.130. The first kappa shape index (κ1) is 22.1. The molecule has 2 saturated heterocycles. The molecule has 0 atom stereocenters. The summed E-state index contributed by atoms with van der Waals surface area (Å²) in [6.07, 6.45) is 2.07. The molecule has 0 aliphatic carbocycles. The number of morpholine rings is 1. The quantitative estimate of drug-likeness (QED) is 0.769. The number of nitrogens with zero attached hydrogens (tertiary/aromatic N) is 2. The topological polar surface area (TPSA) is 79.0 Å². The molecule has 0 radical (unpaired) electrons. The molecule has 0 aromatic heterocycles. The van der Waals surface area contributed by atoms with Gasteiger partial charge in [-0.3, -0.25) is 4.79 Å². The average Bonchev–Trinajstić information content (AvgIpc) is 2.97. The monoisotopic (exact) mass is 417 g/mol. The third kappa shape index (κ3) is 5.89. The van der Waals surface area contributed by atoms with Crippen LogP contribution in [0.25, 0.3) is 0 Å². The van der Waals surface area contributed by atoms with Crippen molar-refractivity contribution in [1.29, 1.82) is 0 Å². The van der Waals surface area contributed by atoms with Gasteiger partial charge in [0, 0.05) is 39.1 Å². The molecule has 1 aromatic carbocycles. The van der Waals surface area contributed by atoms with Crippen LogP contribution in [0.5, 0.6) is 0 Å². The van der Waals surface area contributed by atoms with Crippen molar-refractivity contribution in [3.63, 3.8) is 0 Å². The summed E-state index contributed by atoms with van der Waals surface area (Å²) in [7, 11) is -3.46. The van der Waals surface area contributed by atoms with Gasteiger partial charge in [-0.2, -0.15) is 4.31 Å². The lowest BCUT2D eigenvalue weighted by atomic mass is 10.1. The molecule has 3 rings (SSSR count). The van der Waals surface area contributed by atoms with Crippen LogP contribution in [0.2, 0.25) is 0 Å². The Kier molecular flexibility index (Phi) is 8.50. The van der Waals surface area contributed by atoms with Crippen molar-refractivity contribution < 1.29 is 17.9 Å². The lowest BCUT2D eigenvalue weighted by Crippen LogP contribution is -2.40. The molecule has 2 heterocycles. The number of sulfonamides is 1. The van der Waals surface area contributed by atoms with Gasteiger partial charge in [-0.25, -0.2) is 8.42 Å². The normalized spacial score (nSPS) is 19.2. The van der Waals surface area contributed by atoms with Gasteiger partial charge in [-0.15, -0.1) is 12.4 Å². The fraction of sp³-hybridized carbons (Fsp3) is 0.611. The number of aryl methyl sites for hydroxylation is 1. The van der Waals surface area contributed by atoms with E-state index in [4.69, 9.17) is 4.74 Å². The summed E-state index contributed by atoms with van der Waals surface area (Å²) in [5, 5.41) is 3.29. The van der Waals surface area contributed by atoms with Gasteiger partial charge in [0.1, 0.15) is 0 Å². The predicted molar refractivity (Wildman–Crippen MR) is 106 cm³/mol. The van der Waals surface area contributed by atoms with E-state index in [-0.39, 0.29) is 18.3 Å². The van der Waals surface area contributed by atoms with Crippen molar-refractivity contribution in [3.8, 4) is 0 Å². The summed E-state index contributed by atoms with van der Waals surface area (Å²) >= 11 is 0. The fourth-order valence-corrected chi connectivity index (χ4v) is 4.68. The zero-order chi connectivity index (χ0) is 18.4. The van der Waals surface area contributed by atoms with E-state index in [0.29, 0.717) is 44.0 Å². The van der Waals surface area contributed by atoms with E-state index in [1.54, 1.807) is 12.1 Å². The molecule has 7 nitrogen and oxygen atoms in total. The third-order valence-electron chi connectivity index (χ3n) is 4.85. The molecular formula is C18H28ClN3O4S. The first-order chi connectivity index (χ1) is 12.6. The summed E-state index contributed by atoms with van der Waals surface area (Å²) in [5.41, 5.74) is 0.979. The number of amides is 1. The fourth-order valence-electron chi connectivity index (χ4n) is 3.27. The maximum absolute atomic E-state index is 12.6. The number of carbonyl (C=O) groups is 1. The maximum atomic E-state index is 12.6. The average molecular weight is 418 g/mol. The van der Waals surface area contributed by atoms with Crippen molar-refractivity contribution in [3.05, 3.63) is 29.8 Å². The van der Waals surface area contributed by atoms with Gasteiger partial charge in [0.05, 0.1) is 18.1 Å². The van der Waals surface area contributed by atoms with Gasteiger partial charge in [-0.1, -0.05) is 12.1 Å². The molecule has 27 heavy (non-hydrogen) atoms. The SMILES string of the molecule is Cl.O=C(CCc1ccc(S(=O)(=O)N2CCOCC2)cc1)N1CCCNCC1. The predicted octanol–water partition coefficient (Wildman–Crippen LogP) is 0.884. The first-order valence-electron chi connectivity index (χ1n) is 9.23.